The van der Waals surface area contributed by atoms with Crippen molar-refractivity contribution in [3.05, 3.63) is 0 Å². The van der Waals surface area contributed by atoms with Crippen LogP contribution in [0.4, 0.5) is 13.2 Å². The smallest absolute Gasteiger partial charge is 0.315 e. The number of alkyl halides is 3. The molecule has 0 aliphatic carbocycles. The molecule has 0 bridgehead atoms. The van der Waals surface area contributed by atoms with Crippen LogP contribution in [0, 0.1) is 5.92 Å². The first-order valence-electron chi connectivity index (χ1n) is 6.72. The Labute approximate surface area is 109 Å². The molecule has 5 heteroatoms. The van der Waals surface area contributed by atoms with Gasteiger partial charge < -0.3 is 5.32 Å². The third kappa shape index (κ3) is 7.21. The van der Waals surface area contributed by atoms with Crippen molar-refractivity contribution in [1.29, 1.82) is 0 Å². The van der Waals surface area contributed by atoms with Gasteiger partial charge in [0.15, 0.2) is 0 Å². The minimum absolute atomic E-state index is 0.0850. The van der Waals surface area contributed by atoms with Gasteiger partial charge in [0.05, 0.1) is 6.54 Å². The van der Waals surface area contributed by atoms with Crippen molar-refractivity contribution < 1.29 is 13.2 Å². The Morgan fingerprint density at radius 3 is 2.00 bits per heavy atom. The summed E-state index contributed by atoms with van der Waals surface area (Å²) in [5.74, 6) is 0.194. The standard InChI is InChI=1S/C13H27F3N2/c1-6-7-17-8-12(10(2)3)18(11(4)5)9-13(14,15)16/h10-12,17H,6-9H2,1-5H3. The van der Waals surface area contributed by atoms with E-state index >= 15 is 0 Å². The normalized spacial score (nSPS) is 14.8. The Bertz CT molecular complexity index is 215. The minimum atomic E-state index is -4.14. The topological polar surface area (TPSA) is 15.3 Å². The summed E-state index contributed by atoms with van der Waals surface area (Å²) >= 11 is 0. The van der Waals surface area contributed by atoms with Gasteiger partial charge in [-0.05, 0) is 32.7 Å². The molecule has 1 unspecified atom stereocenters. The van der Waals surface area contributed by atoms with Crippen LogP contribution >= 0.6 is 0 Å². The van der Waals surface area contributed by atoms with E-state index in [1.807, 2.05) is 34.6 Å². The Morgan fingerprint density at radius 2 is 1.67 bits per heavy atom. The summed E-state index contributed by atoms with van der Waals surface area (Å²) < 4.78 is 37.8. The van der Waals surface area contributed by atoms with Crippen LogP contribution in [0.1, 0.15) is 41.0 Å². The van der Waals surface area contributed by atoms with Gasteiger partial charge in [-0.15, -0.1) is 0 Å². The highest BCUT2D eigenvalue weighted by atomic mass is 19.4. The highest BCUT2D eigenvalue weighted by molar-refractivity contribution is 4.81. The molecule has 0 aromatic heterocycles. The monoisotopic (exact) mass is 268 g/mol. The van der Waals surface area contributed by atoms with Gasteiger partial charge in [-0.3, -0.25) is 4.90 Å². The van der Waals surface area contributed by atoms with E-state index in [4.69, 9.17) is 0 Å². The summed E-state index contributed by atoms with van der Waals surface area (Å²) in [6, 6.07) is -0.194. The molecular weight excluding hydrogens is 241 g/mol. The maximum atomic E-state index is 12.6. The zero-order chi connectivity index (χ0) is 14.3. The van der Waals surface area contributed by atoms with E-state index in [-0.39, 0.29) is 18.0 Å². The van der Waals surface area contributed by atoms with Crippen molar-refractivity contribution in [2.45, 2.75) is 59.3 Å². The first-order valence-corrected chi connectivity index (χ1v) is 6.72. The molecule has 0 saturated heterocycles. The number of nitrogens with zero attached hydrogens (tertiary/aromatic N) is 1. The Morgan fingerprint density at radius 1 is 1.11 bits per heavy atom. The number of nitrogens with one attached hydrogen (secondary N) is 1. The quantitative estimate of drug-likeness (QED) is 0.680. The second-order valence-electron chi connectivity index (χ2n) is 5.40. The molecule has 0 aromatic carbocycles. The van der Waals surface area contributed by atoms with Crippen LogP contribution in [0.3, 0.4) is 0 Å². The Kier molecular flexibility index (Phi) is 7.87. The summed E-state index contributed by atoms with van der Waals surface area (Å²) in [4.78, 5) is 1.55. The van der Waals surface area contributed by atoms with Gasteiger partial charge in [-0.2, -0.15) is 13.2 Å². The van der Waals surface area contributed by atoms with Crippen molar-refractivity contribution in [2.75, 3.05) is 19.6 Å². The Hall–Kier alpha value is -0.290. The van der Waals surface area contributed by atoms with E-state index < -0.39 is 12.7 Å². The van der Waals surface area contributed by atoms with E-state index in [0.29, 0.717) is 6.54 Å². The first kappa shape index (κ1) is 17.7. The number of hydrogen-bond donors (Lipinski definition) is 1. The molecule has 1 N–H and O–H groups in total. The minimum Gasteiger partial charge on any atom is -0.315 e. The second-order valence-corrected chi connectivity index (χ2v) is 5.40. The lowest BCUT2D eigenvalue weighted by molar-refractivity contribution is -0.157. The van der Waals surface area contributed by atoms with Gasteiger partial charge in [0.25, 0.3) is 0 Å². The maximum Gasteiger partial charge on any atom is 0.401 e. The second kappa shape index (κ2) is 8.00. The molecule has 0 aliphatic rings. The van der Waals surface area contributed by atoms with E-state index in [1.54, 1.807) is 4.90 Å². The van der Waals surface area contributed by atoms with E-state index in [1.165, 1.54) is 0 Å². The molecule has 0 spiro atoms. The molecule has 0 amide bonds. The average Bonchev–Trinajstić information content (AvgIpc) is 2.19. The first-order chi connectivity index (χ1) is 8.19. The molecule has 0 aliphatic heterocycles. The van der Waals surface area contributed by atoms with Crippen LogP contribution in [0.25, 0.3) is 0 Å². The molecule has 0 aromatic rings. The van der Waals surface area contributed by atoms with Gasteiger partial charge in [-0.1, -0.05) is 20.8 Å². The number of hydrogen-bond acceptors (Lipinski definition) is 2. The third-order valence-corrected chi connectivity index (χ3v) is 3.00. The van der Waals surface area contributed by atoms with Gasteiger partial charge >= 0.3 is 6.18 Å². The van der Waals surface area contributed by atoms with Crippen molar-refractivity contribution in [3.63, 3.8) is 0 Å². The summed E-state index contributed by atoms with van der Waals surface area (Å²) in [5, 5.41) is 3.23. The fraction of sp³-hybridized carbons (Fsp3) is 1.00. The number of halogens is 3. The molecule has 0 fully saturated rings. The van der Waals surface area contributed by atoms with E-state index in [0.717, 1.165) is 13.0 Å². The zero-order valence-corrected chi connectivity index (χ0v) is 12.1. The van der Waals surface area contributed by atoms with Crippen LogP contribution in [-0.2, 0) is 0 Å². The van der Waals surface area contributed by atoms with Gasteiger partial charge in [0.2, 0.25) is 0 Å². The van der Waals surface area contributed by atoms with Gasteiger partial charge in [-0.25, -0.2) is 0 Å². The lowest BCUT2D eigenvalue weighted by Gasteiger charge is -2.38. The molecule has 0 rings (SSSR count). The molecular formula is C13H27F3N2. The van der Waals surface area contributed by atoms with E-state index in [2.05, 4.69) is 5.32 Å². The summed E-state index contributed by atoms with van der Waals surface area (Å²) in [6.45, 7) is 10.3. The summed E-state index contributed by atoms with van der Waals surface area (Å²) in [6.07, 6.45) is -3.14. The van der Waals surface area contributed by atoms with Crippen molar-refractivity contribution in [1.82, 2.24) is 10.2 Å². The SMILES string of the molecule is CCCNCC(C(C)C)N(CC(F)(F)F)C(C)C. The lowest BCUT2D eigenvalue weighted by Crippen LogP contribution is -2.52. The van der Waals surface area contributed by atoms with Gasteiger partial charge in [0, 0.05) is 18.6 Å². The van der Waals surface area contributed by atoms with Crippen LogP contribution in [0.5, 0.6) is 0 Å². The van der Waals surface area contributed by atoms with Crippen molar-refractivity contribution >= 4 is 0 Å². The fourth-order valence-corrected chi connectivity index (χ4v) is 2.05. The van der Waals surface area contributed by atoms with Crippen LogP contribution < -0.4 is 5.32 Å². The summed E-state index contributed by atoms with van der Waals surface area (Å²) in [5.41, 5.74) is 0. The van der Waals surface area contributed by atoms with Crippen molar-refractivity contribution in [2.24, 2.45) is 5.92 Å². The third-order valence-electron chi connectivity index (χ3n) is 3.00. The molecule has 0 heterocycles. The maximum absolute atomic E-state index is 12.6. The Balaban J connectivity index is 4.66. The number of rotatable bonds is 8. The van der Waals surface area contributed by atoms with Crippen LogP contribution in [0.15, 0.2) is 0 Å². The predicted octanol–water partition coefficient (Wildman–Crippen LogP) is 3.28. The molecule has 0 saturated carbocycles. The van der Waals surface area contributed by atoms with E-state index in [9.17, 15) is 13.2 Å². The van der Waals surface area contributed by atoms with Gasteiger partial charge in [0.1, 0.15) is 0 Å². The molecule has 0 radical (unpaired) electrons. The highest BCUT2D eigenvalue weighted by Crippen LogP contribution is 2.22. The lowest BCUT2D eigenvalue weighted by atomic mass is 10.0. The zero-order valence-electron chi connectivity index (χ0n) is 12.1. The molecule has 110 valence electrons. The van der Waals surface area contributed by atoms with Crippen molar-refractivity contribution in [3.8, 4) is 0 Å². The molecule has 1 atom stereocenters. The fourth-order valence-electron chi connectivity index (χ4n) is 2.05. The van der Waals surface area contributed by atoms with Crippen LogP contribution in [-0.4, -0.2) is 42.8 Å². The molecule has 18 heavy (non-hydrogen) atoms. The highest BCUT2D eigenvalue weighted by Gasteiger charge is 2.35. The largest absolute Gasteiger partial charge is 0.401 e. The predicted molar refractivity (Wildman–Crippen MR) is 69.7 cm³/mol. The summed E-state index contributed by atoms with van der Waals surface area (Å²) in [7, 11) is 0. The average molecular weight is 268 g/mol. The molecule has 2 nitrogen and oxygen atoms in total. The van der Waals surface area contributed by atoms with Crippen LogP contribution in [0.2, 0.25) is 0 Å².